The van der Waals surface area contributed by atoms with Crippen LogP contribution in [0.4, 0.5) is 5.69 Å². The van der Waals surface area contributed by atoms with Gasteiger partial charge < -0.3 is 10.2 Å². The number of anilines is 1. The molecule has 0 unspecified atom stereocenters. The van der Waals surface area contributed by atoms with Gasteiger partial charge in [0.2, 0.25) is 0 Å². The van der Waals surface area contributed by atoms with Crippen molar-refractivity contribution in [3.63, 3.8) is 0 Å². The average Bonchev–Trinajstić information content (AvgIpc) is 2.40. The summed E-state index contributed by atoms with van der Waals surface area (Å²) in [7, 11) is 0. The fraction of sp³-hybridized carbons (Fsp3) is 0.529. The van der Waals surface area contributed by atoms with Crippen molar-refractivity contribution < 1.29 is 9.59 Å². The Hall–Kier alpha value is -1.55. The molecule has 0 aliphatic heterocycles. The third-order valence-corrected chi connectivity index (χ3v) is 3.49. The number of hydrogen-bond acceptors (Lipinski definition) is 2. The number of nitrogens with zero attached hydrogens (tertiary/aromatic N) is 1. The van der Waals surface area contributed by atoms with E-state index in [1.54, 1.807) is 17.0 Å². The minimum absolute atomic E-state index is 0.310. The second-order valence-corrected chi connectivity index (χ2v) is 6.82. The Morgan fingerprint density at radius 3 is 2.14 bits per heavy atom. The Balaban J connectivity index is 2.79. The summed E-state index contributed by atoms with van der Waals surface area (Å²) in [5, 5.41) is 3.18. The number of benzene rings is 1. The Labute approximate surface area is 137 Å². The first-order valence-corrected chi connectivity index (χ1v) is 7.95. The molecule has 4 nitrogen and oxygen atoms in total. The third-order valence-electron chi connectivity index (χ3n) is 3.08. The van der Waals surface area contributed by atoms with Gasteiger partial charge in [0.25, 0.3) is 0 Å². The van der Waals surface area contributed by atoms with E-state index in [0.29, 0.717) is 35.6 Å². The van der Waals surface area contributed by atoms with Crippen molar-refractivity contribution in [2.75, 3.05) is 18.4 Å². The van der Waals surface area contributed by atoms with Gasteiger partial charge in [-0.05, 0) is 36.5 Å². The first kappa shape index (κ1) is 18.5. The summed E-state index contributed by atoms with van der Waals surface area (Å²) >= 11 is 6.03. The molecule has 0 heterocycles. The lowest BCUT2D eigenvalue weighted by molar-refractivity contribution is -0.143. The Kier molecular flexibility index (Phi) is 6.88. The maximum atomic E-state index is 12.4. The topological polar surface area (TPSA) is 49.4 Å². The average molecular weight is 325 g/mol. The van der Waals surface area contributed by atoms with Crippen molar-refractivity contribution in [2.24, 2.45) is 11.8 Å². The quantitative estimate of drug-likeness (QED) is 0.839. The van der Waals surface area contributed by atoms with Gasteiger partial charge in [-0.25, -0.2) is 0 Å². The van der Waals surface area contributed by atoms with E-state index < -0.39 is 11.8 Å². The molecule has 0 bridgehead atoms. The number of rotatable bonds is 5. The van der Waals surface area contributed by atoms with Gasteiger partial charge in [-0.15, -0.1) is 0 Å². The fourth-order valence-corrected chi connectivity index (χ4v) is 2.30. The van der Waals surface area contributed by atoms with Crippen molar-refractivity contribution in [3.05, 3.63) is 28.8 Å². The second kappa shape index (κ2) is 8.18. The van der Waals surface area contributed by atoms with E-state index in [2.05, 4.69) is 5.32 Å². The van der Waals surface area contributed by atoms with Crippen LogP contribution in [0.25, 0.3) is 0 Å². The molecule has 1 aromatic rings. The summed E-state index contributed by atoms with van der Waals surface area (Å²) in [6.07, 6.45) is 0. The summed E-state index contributed by atoms with van der Waals surface area (Å²) < 4.78 is 0. The molecule has 2 amide bonds. The molecule has 0 fully saturated rings. The van der Waals surface area contributed by atoms with E-state index in [1.165, 1.54) is 0 Å². The van der Waals surface area contributed by atoms with Crippen LogP contribution in [0.15, 0.2) is 18.2 Å². The third kappa shape index (κ3) is 5.68. The van der Waals surface area contributed by atoms with Crippen LogP contribution in [0.5, 0.6) is 0 Å². The summed E-state index contributed by atoms with van der Waals surface area (Å²) in [6.45, 7) is 11.1. The molecule has 0 saturated heterocycles. The highest BCUT2D eigenvalue weighted by Gasteiger charge is 2.23. The molecular weight excluding hydrogens is 300 g/mol. The molecule has 1 rings (SSSR count). The Morgan fingerprint density at radius 1 is 1.14 bits per heavy atom. The standard InChI is InChI=1S/C17H25ClN2O2/c1-11(2)9-20(10-12(3)4)17(22)16(21)19-14-7-6-13(5)15(18)8-14/h6-8,11-12H,9-10H2,1-5H3,(H,19,21). The van der Waals surface area contributed by atoms with Crippen LogP contribution in [-0.4, -0.2) is 29.8 Å². The number of carbonyl (C=O) groups is 2. The molecule has 1 aromatic carbocycles. The van der Waals surface area contributed by atoms with Crippen molar-refractivity contribution in [3.8, 4) is 0 Å². The number of aryl methyl sites for hydroxylation is 1. The molecule has 0 aromatic heterocycles. The smallest absolute Gasteiger partial charge is 0.313 e. The molecule has 0 spiro atoms. The van der Waals surface area contributed by atoms with E-state index in [9.17, 15) is 9.59 Å². The molecule has 0 atom stereocenters. The van der Waals surface area contributed by atoms with Gasteiger partial charge in [-0.3, -0.25) is 9.59 Å². The molecule has 0 radical (unpaired) electrons. The minimum Gasteiger partial charge on any atom is -0.334 e. The van der Waals surface area contributed by atoms with Gasteiger partial charge in [0, 0.05) is 23.8 Å². The predicted octanol–water partition coefficient (Wildman–Crippen LogP) is 3.73. The van der Waals surface area contributed by atoms with Crippen molar-refractivity contribution in [1.82, 2.24) is 4.90 Å². The monoisotopic (exact) mass is 324 g/mol. The lowest BCUT2D eigenvalue weighted by Crippen LogP contribution is -2.43. The Morgan fingerprint density at radius 2 is 1.68 bits per heavy atom. The first-order valence-electron chi connectivity index (χ1n) is 7.57. The molecule has 122 valence electrons. The number of nitrogens with one attached hydrogen (secondary N) is 1. The van der Waals surface area contributed by atoms with Gasteiger partial charge in [0.15, 0.2) is 0 Å². The van der Waals surface area contributed by atoms with Crippen LogP contribution in [-0.2, 0) is 9.59 Å². The maximum absolute atomic E-state index is 12.4. The van der Waals surface area contributed by atoms with Crippen molar-refractivity contribution in [1.29, 1.82) is 0 Å². The number of halogens is 1. The predicted molar refractivity (Wildman–Crippen MR) is 91.1 cm³/mol. The fourth-order valence-electron chi connectivity index (χ4n) is 2.12. The molecular formula is C17H25ClN2O2. The molecule has 5 heteroatoms. The van der Waals surface area contributed by atoms with Gasteiger partial charge in [-0.2, -0.15) is 0 Å². The van der Waals surface area contributed by atoms with Gasteiger partial charge in [0.05, 0.1) is 0 Å². The minimum atomic E-state index is -0.624. The largest absolute Gasteiger partial charge is 0.334 e. The summed E-state index contributed by atoms with van der Waals surface area (Å²) in [6, 6.07) is 5.20. The van der Waals surface area contributed by atoms with E-state index in [4.69, 9.17) is 11.6 Å². The highest BCUT2D eigenvalue weighted by molar-refractivity contribution is 6.39. The lowest BCUT2D eigenvalue weighted by Gasteiger charge is -2.25. The van der Waals surface area contributed by atoms with E-state index in [1.807, 2.05) is 40.7 Å². The summed E-state index contributed by atoms with van der Waals surface area (Å²) in [5.74, 6) is -0.506. The highest BCUT2D eigenvalue weighted by Crippen LogP contribution is 2.20. The van der Waals surface area contributed by atoms with Crippen molar-refractivity contribution >= 4 is 29.1 Å². The molecule has 0 aliphatic carbocycles. The Bertz CT molecular complexity index is 531. The SMILES string of the molecule is Cc1ccc(NC(=O)C(=O)N(CC(C)C)CC(C)C)cc1Cl. The van der Waals surface area contributed by atoms with Gasteiger partial charge >= 0.3 is 11.8 Å². The van der Waals surface area contributed by atoms with E-state index >= 15 is 0 Å². The number of hydrogen-bond donors (Lipinski definition) is 1. The number of amides is 2. The molecule has 0 saturated carbocycles. The van der Waals surface area contributed by atoms with Crippen LogP contribution >= 0.6 is 11.6 Å². The van der Waals surface area contributed by atoms with Gasteiger partial charge in [-0.1, -0.05) is 45.4 Å². The summed E-state index contributed by atoms with van der Waals surface area (Å²) in [4.78, 5) is 26.1. The van der Waals surface area contributed by atoms with E-state index in [0.717, 1.165) is 5.56 Å². The number of carbonyl (C=O) groups excluding carboxylic acids is 2. The molecule has 1 N–H and O–H groups in total. The summed E-state index contributed by atoms with van der Waals surface area (Å²) in [5.41, 5.74) is 1.45. The van der Waals surface area contributed by atoms with E-state index in [-0.39, 0.29) is 0 Å². The maximum Gasteiger partial charge on any atom is 0.313 e. The van der Waals surface area contributed by atoms with Crippen LogP contribution in [0.2, 0.25) is 5.02 Å². The highest BCUT2D eigenvalue weighted by atomic mass is 35.5. The second-order valence-electron chi connectivity index (χ2n) is 6.42. The van der Waals surface area contributed by atoms with Crippen LogP contribution < -0.4 is 5.32 Å². The van der Waals surface area contributed by atoms with Crippen LogP contribution in [0.1, 0.15) is 33.3 Å². The van der Waals surface area contributed by atoms with Crippen molar-refractivity contribution in [2.45, 2.75) is 34.6 Å². The van der Waals surface area contributed by atoms with Gasteiger partial charge in [0.1, 0.15) is 0 Å². The zero-order valence-corrected chi connectivity index (χ0v) is 14.7. The first-order chi connectivity index (χ1) is 10.2. The molecule has 22 heavy (non-hydrogen) atoms. The van der Waals surface area contributed by atoms with Crippen LogP contribution in [0, 0.1) is 18.8 Å². The zero-order valence-electron chi connectivity index (χ0n) is 13.9. The normalized spacial score (nSPS) is 10.9. The lowest BCUT2D eigenvalue weighted by atomic mass is 10.1. The van der Waals surface area contributed by atoms with Crippen LogP contribution in [0.3, 0.4) is 0 Å². The zero-order chi connectivity index (χ0) is 16.9. The molecule has 0 aliphatic rings.